The van der Waals surface area contributed by atoms with Crippen molar-refractivity contribution in [3.05, 3.63) is 29.8 Å². The third-order valence-corrected chi connectivity index (χ3v) is 3.03. The van der Waals surface area contributed by atoms with Gasteiger partial charge in [-0.05, 0) is 19.1 Å². The van der Waals surface area contributed by atoms with Crippen molar-refractivity contribution < 1.29 is 9.47 Å². The van der Waals surface area contributed by atoms with Crippen LogP contribution in [0.3, 0.4) is 0 Å². The molecule has 2 rings (SSSR count). The monoisotopic (exact) mass is 262 g/mol. The first-order chi connectivity index (χ1) is 9.15. The van der Waals surface area contributed by atoms with Crippen LogP contribution in [-0.2, 0) is 13.6 Å². The van der Waals surface area contributed by atoms with E-state index in [9.17, 15) is 0 Å². The molecule has 102 valence electrons. The molecule has 1 aromatic carbocycles. The summed E-state index contributed by atoms with van der Waals surface area (Å²) < 4.78 is 12.4. The Hall–Kier alpha value is -2.24. The van der Waals surface area contributed by atoms with E-state index in [1.807, 2.05) is 36.7 Å². The van der Waals surface area contributed by atoms with Gasteiger partial charge >= 0.3 is 0 Å². The molecule has 2 aromatic rings. The van der Waals surface area contributed by atoms with Gasteiger partial charge in [-0.15, -0.1) is 10.2 Å². The number of benzene rings is 1. The molecule has 0 unspecified atom stereocenters. The number of methoxy groups -OCH3 is 2. The number of hydrogen-bond acceptors (Lipinski definition) is 5. The minimum absolute atomic E-state index is 0.583. The Labute approximate surface area is 112 Å². The summed E-state index contributed by atoms with van der Waals surface area (Å²) >= 11 is 0. The lowest BCUT2D eigenvalue weighted by molar-refractivity contribution is 0.395. The van der Waals surface area contributed by atoms with Crippen molar-refractivity contribution in [2.75, 3.05) is 19.5 Å². The topological polar surface area (TPSA) is 61.2 Å². The van der Waals surface area contributed by atoms with Crippen molar-refractivity contribution >= 4 is 5.69 Å². The molecule has 0 saturated heterocycles. The highest BCUT2D eigenvalue weighted by atomic mass is 16.5. The van der Waals surface area contributed by atoms with Gasteiger partial charge in [0.1, 0.15) is 17.3 Å². The lowest BCUT2D eigenvalue weighted by Gasteiger charge is -2.12. The minimum Gasteiger partial charge on any atom is -0.497 e. The van der Waals surface area contributed by atoms with Crippen molar-refractivity contribution in [3.8, 4) is 11.5 Å². The van der Waals surface area contributed by atoms with Crippen LogP contribution in [0.5, 0.6) is 11.5 Å². The summed E-state index contributed by atoms with van der Waals surface area (Å²) in [6.07, 6.45) is 0. The van der Waals surface area contributed by atoms with Gasteiger partial charge in [0.05, 0.1) is 26.5 Å². The van der Waals surface area contributed by atoms with Gasteiger partial charge in [-0.3, -0.25) is 0 Å². The first kappa shape index (κ1) is 13.2. The molecule has 0 spiro atoms. The zero-order valence-electron chi connectivity index (χ0n) is 11.6. The highest BCUT2D eigenvalue weighted by Crippen LogP contribution is 2.29. The molecule has 0 amide bonds. The predicted octanol–water partition coefficient (Wildman–Crippen LogP) is 1.75. The van der Waals surface area contributed by atoms with Crippen molar-refractivity contribution in [1.82, 2.24) is 14.8 Å². The fourth-order valence-electron chi connectivity index (χ4n) is 1.72. The largest absolute Gasteiger partial charge is 0.497 e. The van der Waals surface area contributed by atoms with Gasteiger partial charge in [0.25, 0.3) is 0 Å². The maximum Gasteiger partial charge on any atom is 0.152 e. The van der Waals surface area contributed by atoms with E-state index in [0.717, 1.165) is 28.8 Å². The summed E-state index contributed by atoms with van der Waals surface area (Å²) in [5.74, 6) is 3.25. The van der Waals surface area contributed by atoms with E-state index >= 15 is 0 Å². The van der Waals surface area contributed by atoms with E-state index in [-0.39, 0.29) is 0 Å². The summed E-state index contributed by atoms with van der Waals surface area (Å²) in [6.45, 7) is 2.50. The van der Waals surface area contributed by atoms with Gasteiger partial charge in [-0.2, -0.15) is 0 Å². The van der Waals surface area contributed by atoms with Crippen LogP contribution in [-0.4, -0.2) is 29.0 Å². The van der Waals surface area contributed by atoms with Crippen LogP contribution in [0.2, 0.25) is 0 Å². The van der Waals surface area contributed by atoms with Gasteiger partial charge in [0, 0.05) is 13.1 Å². The Balaban J connectivity index is 2.13. The Kier molecular flexibility index (Phi) is 3.89. The first-order valence-corrected chi connectivity index (χ1v) is 5.96. The van der Waals surface area contributed by atoms with Crippen LogP contribution in [0, 0.1) is 6.92 Å². The Morgan fingerprint density at radius 2 is 2.00 bits per heavy atom. The molecule has 0 aliphatic rings. The summed E-state index contributed by atoms with van der Waals surface area (Å²) in [7, 11) is 5.20. The van der Waals surface area contributed by atoms with Crippen LogP contribution < -0.4 is 14.8 Å². The van der Waals surface area contributed by atoms with Crippen LogP contribution in [0.4, 0.5) is 5.69 Å². The van der Waals surface area contributed by atoms with Crippen LogP contribution in [0.15, 0.2) is 18.2 Å². The maximum absolute atomic E-state index is 5.33. The van der Waals surface area contributed by atoms with Crippen LogP contribution in [0.1, 0.15) is 11.6 Å². The molecular formula is C13H18N4O2. The molecule has 0 radical (unpaired) electrons. The smallest absolute Gasteiger partial charge is 0.152 e. The van der Waals surface area contributed by atoms with Gasteiger partial charge in [0.2, 0.25) is 0 Å². The number of ether oxygens (including phenoxy) is 2. The summed E-state index contributed by atoms with van der Waals surface area (Å²) in [5, 5.41) is 11.4. The maximum atomic E-state index is 5.33. The SMILES string of the molecule is COc1ccc(NCc2nnc(C)n2C)c(OC)c1. The van der Waals surface area contributed by atoms with Crippen molar-refractivity contribution in [3.63, 3.8) is 0 Å². The fourth-order valence-corrected chi connectivity index (χ4v) is 1.72. The number of hydrogen-bond donors (Lipinski definition) is 1. The van der Waals surface area contributed by atoms with Crippen molar-refractivity contribution in [2.45, 2.75) is 13.5 Å². The number of nitrogens with zero attached hydrogens (tertiary/aromatic N) is 3. The van der Waals surface area contributed by atoms with Crippen LogP contribution >= 0.6 is 0 Å². The molecule has 1 heterocycles. The number of aromatic nitrogens is 3. The summed E-state index contributed by atoms with van der Waals surface area (Å²) in [5.41, 5.74) is 0.893. The molecule has 6 nitrogen and oxygen atoms in total. The average Bonchev–Trinajstić information content (AvgIpc) is 2.76. The second-order valence-electron chi connectivity index (χ2n) is 4.14. The second-order valence-corrected chi connectivity index (χ2v) is 4.14. The highest BCUT2D eigenvalue weighted by Gasteiger charge is 2.08. The molecule has 0 bridgehead atoms. The zero-order chi connectivity index (χ0) is 13.8. The lowest BCUT2D eigenvalue weighted by atomic mass is 10.2. The third kappa shape index (κ3) is 2.78. The van der Waals surface area contributed by atoms with E-state index in [4.69, 9.17) is 9.47 Å². The summed E-state index contributed by atoms with van der Waals surface area (Å²) in [6, 6.07) is 5.64. The van der Waals surface area contributed by atoms with E-state index in [1.54, 1.807) is 14.2 Å². The van der Waals surface area contributed by atoms with E-state index in [2.05, 4.69) is 15.5 Å². The molecule has 6 heteroatoms. The molecule has 19 heavy (non-hydrogen) atoms. The lowest BCUT2D eigenvalue weighted by Crippen LogP contribution is -2.07. The summed E-state index contributed by atoms with van der Waals surface area (Å²) in [4.78, 5) is 0. The number of anilines is 1. The molecule has 0 fully saturated rings. The van der Waals surface area contributed by atoms with E-state index in [0.29, 0.717) is 6.54 Å². The fraction of sp³-hybridized carbons (Fsp3) is 0.385. The predicted molar refractivity (Wildman–Crippen MR) is 72.6 cm³/mol. The number of rotatable bonds is 5. The molecule has 0 saturated carbocycles. The van der Waals surface area contributed by atoms with Crippen molar-refractivity contribution in [1.29, 1.82) is 0 Å². The first-order valence-electron chi connectivity index (χ1n) is 5.96. The van der Waals surface area contributed by atoms with E-state index < -0.39 is 0 Å². The van der Waals surface area contributed by atoms with Gasteiger partial charge < -0.3 is 19.4 Å². The van der Waals surface area contributed by atoms with E-state index in [1.165, 1.54) is 0 Å². The molecular weight excluding hydrogens is 244 g/mol. The Morgan fingerprint density at radius 1 is 1.21 bits per heavy atom. The third-order valence-electron chi connectivity index (χ3n) is 3.03. The molecule has 0 atom stereocenters. The minimum atomic E-state index is 0.583. The number of nitrogens with one attached hydrogen (secondary N) is 1. The Morgan fingerprint density at radius 3 is 2.58 bits per heavy atom. The van der Waals surface area contributed by atoms with Gasteiger partial charge in [-0.25, -0.2) is 0 Å². The van der Waals surface area contributed by atoms with Crippen molar-refractivity contribution in [2.24, 2.45) is 7.05 Å². The Bertz CT molecular complexity index is 566. The molecule has 0 aliphatic heterocycles. The molecule has 0 aliphatic carbocycles. The normalized spacial score (nSPS) is 10.3. The molecule has 1 aromatic heterocycles. The van der Waals surface area contributed by atoms with Crippen LogP contribution in [0.25, 0.3) is 0 Å². The second kappa shape index (κ2) is 5.60. The van der Waals surface area contributed by atoms with Gasteiger partial charge in [0.15, 0.2) is 5.82 Å². The quantitative estimate of drug-likeness (QED) is 0.889. The highest BCUT2D eigenvalue weighted by molar-refractivity contribution is 5.59. The average molecular weight is 262 g/mol. The zero-order valence-corrected chi connectivity index (χ0v) is 11.6. The number of aryl methyl sites for hydroxylation is 1. The standard InChI is InChI=1S/C13H18N4O2/c1-9-15-16-13(17(9)2)8-14-11-6-5-10(18-3)7-12(11)19-4/h5-7,14H,8H2,1-4H3. The van der Waals surface area contributed by atoms with Gasteiger partial charge in [-0.1, -0.05) is 0 Å². The molecule has 1 N–H and O–H groups in total.